The molecule has 2 rings (SSSR count). The zero-order valence-corrected chi connectivity index (χ0v) is 13.5. The number of rotatable bonds is 7. The average Bonchev–Trinajstić information content (AvgIpc) is 2.53. The summed E-state index contributed by atoms with van der Waals surface area (Å²) in [5, 5.41) is 9.16. The third-order valence-electron chi connectivity index (χ3n) is 3.04. The van der Waals surface area contributed by atoms with E-state index in [0.717, 1.165) is 5.56 Å². The molecule has 1 unspecified atom stereocenters. The normalized spacial score (nSPS) is 11.2. The monoisotopic (exact) mass is 338 g/mol. The van der Waals surface area contributed by atoms with Gasteiger partial charge in [0.05, 0.1) is 7.11 Å². The Bertz CT molecular complexity index is 637. The van der Waals surface area contributed by atoms with Crippen molar-refractivity contribution in [1.29, 1.82) is 0 Å². The van der Waals surface area contributed by atoms with Gasteiger partial charge in [-0.3, -0.25) is 0 Å². The number of nitrogens with zero attached hydrogens (tertiary/aromatic N) is 1. The number of carboxylic acid groups (broad SMARTS) is 1. The van der Waals surface area contributed by atoms with Gasteiger partial charge in [0.1, 0.15) is 6.61 Å². The summed E-state index contributed by atoms with van der Waals surface area (Å²) in [5.74, 6) is -0.777. The van der Waals surface area contributed by atoms with E-state index in [2.05, 4.69) is 4.98 Å². The maximum atomic E-state index is 11.2. The lowest BCUT2D eigenvalue weighted by Gasteiger charge is -2.14. The van der Waals surface area contributed by atoms with Crippen LogP contribution in [0.4, 0.5) is 0 Å². The quantitative estimate of drug-likeness (QED) is 0.803. The van der Waals surface area contributed by atoms with Gasteiger partial charge in [-0.2, -0.15) is 0 Å². The van der Waals surface area contributed by atoms with Crippen LogP contribution in [0.15, 0.2) is 42.5 Å². The van der Waals surface area contributed by atoms with Crippen LogP contribution in [0.1, 0.15) is 16.1 Å². The molecule has 0 amide bonds. The molecule has 124 valence electrons. The fourth-order valence-corrected chi connectivity index (χ4v) is 1.98. The molecule has 0 aliphatic heterocycles. The topological polar surface area (TPSA) is 94.7 Å². The Hall–Kier alpha value is -2.31. The van der Waals surface area contributed by atoms with Crippen molar-refractivity contribution < 1.29 is 19.4 Å². The molecule has 6 nitrogen and oxygen atoms in total. The molecule has 3 N–H and O–H groups in total. The number of methoxy groups -OCH3 is 1. The zero-order valence-electron chi connectivity index (χ0n) is 12.6. The number of hydrogen-bond acceptors (Lipinski definition) is 5. The Morgan fingerprint density at radius 1 is 1.26 bits per heavy atom. The molecule has 0 spiro atoms. The number of nitrogens with two attached hydrogens (primary N) is 1. The number of ether oxygens (including phenoxy) is 2. The first-order chi connectivity index (χ1) is 10.6. The number of hydrogen-bond donors (Lipinski definition) is 2. The van der Waals surface area contributed by atoms with Crippen LogP contribution < -0.4 is 15.2 Å². The summed E-state index contributed by atoms with van der Waals surface area (Å²) in [7, 11) is 1.42. The van der Waals surface area contributed by atoms with Crippen LogP contribution >= 0.6 is 12.4 Å². The number of carboxylic acids is 1. The highest BCUT2D eigenvalue weighted by atomic mass is 35.5. The van der Waals surface area contributed by atoms with Crippen molar-refractivity contribution in [1.82, 2.24) is 4.98 Å². The van der Waals surface area contributed by atoms with Gasteiger partial charge < -0.3 is 20.3 Å². The summed E-state index contributed by atoms with van der Waals surface area (Å²) < 4.78 is 10.4. The molecule has 1 aromatic heterocycles. The van der Waals surface area contributed by atoms with Crippen LogP contribution in [0.25, 0.3) is 0 Å². The van der Waals surface area contributed by atoms with Gasteiger partial charge in [-0.1, -0.05) is 30.3 Å². The number of carbonyl (C=O) groups is 1. The SMILES string of the molecule is COc1ccc(OCC(N)Cc2ccccc2)c(C(=O)O)n1.Cl. The van der Waals surface area contributed by atoms with E-state index in [4.69, 9.17) is 20.3 Å². The molecule has 0 fully saturated rings. The van der Waals surface area contributed by atoms with E-state index in [0.29, 0.717) is 6.42 Å². The second kappa shape index (κ2) is 8.97. The third-order valence-corrected chi connectivity index (χ3v) is 3.04. The minimum Gasteiger partial charge on any atom is -0.489 e. The van der Waals surface area contributed by atoms with Crippen LogP contribution in [0.3, 0.4) is 0 Å². The summed E-state index contributed by atoms with van der Waals surface area (Å²) >= 11 is 0. The van der Waals surface area contributed by atoms with E-state index < -0.39 is 5.97 Å². The van der Waals surface area contributed by atoms with E-state index in [1.807, 2.05) is 30.3 Å². The van der Waals surface area contributed by atoms with Gasteiger partial charge in [0.25, 0.3) is 0 Å². The zero-order chi connectivity index (χ0) is 15.9. The summed E-state index contributed by atoms with van der Waals surface area (Å²) in [4.78, 5) is 15.1. The highest BCUT2D eigenvalue weighted by Crippen LogP contribution is 2.20. The first-order valence-electron chi connectivity index (χ1n) is 6.80. The van der Waals surface area contributed by atoms with Crippen molar-refractivity contribution >= 4 is 18.4 Å². The van der Waals surface area contributed by atoms with Gasteiger partial charge in [-0.15, -0.1) is 12.4 Å². The molecule has 0 bridgehead atoms. The number of aromatic carboxylic acids is 1. The summed E-state index contributed by atoms with van der Waals surface area (Å²) in [5.41, 5.74) is 6.93. The molecular formula is C16H19ClN2O4. The van der Waals surface area contributed by atoms with Gasteiger partial charge in [0.2, 0.25) is 5.88 Å². The lowest BCUT2D eigenvalue weighted by Crippen LogP contribution is -2.30. The maximum Gasteiger partial charge on any atom is 0.358 e. The predicted molar refractivity (Wildman–Crippen MR) is 88.6 cm³/mol. The molecule has 1 atom stereocenters. The first-order valence-corrected chi connectivity index (χ1v) is 6.80. The molecule has 1 heterocycles. The molecule has 0 aliphatic carbocycles. The standard InChI is InChI=1S/C16H18N2O4.ClH/c1-21-14-8-7-13(15(18-14)16(19)20)22-10-12(17)9-11-5-3-2-4-6-11;/h2-8,12H,9-10,17H2,1H3,(H,19,20);1H. The van der Waals surface area contributed by atoms with E-state index in [-0.39, 0.29) is 42.4 Å². The largest absolute Gasteiger partial charge is 0.489 e. The molecular weight excluding hydrogens is 320 g/mol. The van der Waals surface area contributed by atoms with Crippen molar-refractivity contribution in [3.63, 3.8) is 0 Å². The van der Waals surface area contributed by atoms with Gasteiger partial charge >= 0.3 is 5.97 Å². The van der Waals surface area contributed by atoms with Crippen LogP contribution in [-0.2, 0) is 6.42 Å². The van der Waals surface area contributed by atoms with Crippen LogP contribution in [0, 0.1) is 0 Å². The van der Waals surface area contributed by atoms with E-state index in [1.165, 1.54) is 13.2 Å². The number of aromatic nitrogens is 1. The Labute approximate surface area is 140 Å². The third kappa shape index (κ3) is 5.43. The summed E-state index contributed by atoms with van der Waals surface area (Å²) in [6.07, 6.45) is 0.646. The van der Waals surface area contributed by atoms with Gasteiger partial charge in [-0.25, -0.2) is 9.78 Å². The molecule has 23 heavy (non-hydrogen) atoms. The minimum atomic E-state index is -1.18. The molecule has 0 saturated heterocycles. The van der Waals surface area contributed by atoms with E-state index in [9.17, 15) is 4.79 Å². The molecule has 0 saturated carbocycles. The van der Waals surface area contributed by atoms with Crippen LogP contribution in [0.2, 0.25) is 0 Å². The minimum absolute atomic E-state index is 0. The first kappa shape index (κ1) is 18.7. The van der Waals surface area contributed by atoms with Gasteiger partial charge in [0.15, 0.2) is 11.4 Å². The van der Waals surface area contributed by atoms with Crippen molar-refractivity contribution in [3.8, 4) is 11.6 Å². The second-order valence-electron chi connectivity index (χ2n) is 4.77. The lowest BCUT2D eigenvalue weighted by atomic mass is 10.1. The number of benzene rings is 1. The fraction of sp³-hybridized carbons (Fsp3) is 0.250. The Balaban J connectivity index is 0.00000264. The van der Waals surface area contributed by atoms with Crippen molar-refractivity contribution in [2.45, 2.75) is 12.5 Å². The van der Waals surface area contributed by atoms with Gasteiger partial charge in [0, 0.05) is 12.1 Å². The van der Waals surface area contributed by atoms with Crippen LogP contribution in [0.5, 0.6) is 11.6 Å². The maximum absolute atomic E-state index is 11.2. The van der Waals surface area contributed by atoms with Crippen molar-refractivity contribution in [2.75, 3.05) is 13.7 Å². The lowest BCUT2D eigenvalue weighted by molar-refractivity contribution is 0.0683. The molecule has 2 aromatic rings. The highest BCUT2D eigenvalue weighted by Gasteiger charge is 2.16. The van der Waals surface area contributed by atoms with E-state index >= 15 is 0 Å². The smallest absolute Gasteiger partial charge is 0.358 e. The predicted octanol–water partition coefficient (Wildman–Crippen LogP) is 2.16. The Morgan fingerprint density at radius 3 is 2.57 bits per heavy atom. The van der Waals surface area contributed by atoms with Crippen molar-refractivity contribution in [3.05, 3.63) is 53.7 Å². The summed E-state index contributed by atoms with van der Waals surface area (Å²) in [6.45, 7) is 0.198. The van der Waals surface area contributed by atoms with Crippen molar-refractivity contribution in [2.24, 2.45) is 5.73 Å². The Kier molecular flexibility index (Phi) is 7.31. The molecule has 0 radical (unpaired) electrons. The fourth-order valence-electron chi connectivity index (χ4n) is 1.98. The molecule has 1 aromatic carbocycles. The highest BCUT2D eigenvalue weighted by molar-refractivity contribution is 5.88. The number of halogens is 1. The van der Waals surface area contributed by atoms with Crippen LogP contribution in [-0.4, -0.2) is 35.8 Å². The van der Waals surface area contributed by atoms with Gasteiger partial charge in [-0.05, 0) is 18.1 Å². The second-order valence-corrected chi connectivity index (χ2v) is 4.77. The Morgan fingerprint density at radius 2 is 1.96 bits per heavy atom. The molecule has 0 aliphatic rings. The van der Waals surface area contributed by atoms with E-state index in [1.54, 1.807) is 6.07 Å². The summed E-state index contributed by atoms with van der Waals surface area (Å²) in [6, 6.07) is 12.6. The average molecular weight is 339 g/mol. The molecule has 7 heteroatoms. The number of pyridine rings is 1.